The van der Waals surface area contributed by atoms with Gasteiger partial charge in [-0.15, -0.1) is 6.58 Å². The van der Waals surface area contributed by atoms with Gasteiger partial charge >= 0.3 is 0 Å². The molecule has 3 saturated heterocycles. The molecule has 0 aliphatic carbocycles. The molecule has 0 aromatic carbocycles. The summed E-state index contributed by atoms with van der Waals surface area (Å²) in [5.74, 6) is 0. The van der Waals surface area contributed by atoms with E-state index in [-0.39, 0.29) is 0 Å². The molecular weight excluding hydrogens is 450 g/mol. The van der Waals surface area contributed by atoms with Crippen molar-refractivity contribution < 1.29 is 14.2 Å². The standard InChI is InChI=1S/C10H21NO.C9H19NO.C8H17NO.C3H6/c1-10(2,3)4-5-11-6-8-12-9-7-11;1-9(2,3)8-10-4-6-11-7-5-10;1-8(2,3)9-4-6-10-7-5-9;1-3-2/h4-9H2,1-3H3;4-8H2,1-3H3;4-7H2,1-3H3;3H,1H2,2H3. The van der Waals surface area contributed by atoms with E-state index in [1.165, 1.54) is 19.5 Å². The predicted octanol–water partition coefficient (Wildman–Crippen LogP) is 5.43. The molecule has 216 valence electrons. The molecule has 0 radical (unpaired) electrons. The first kappa shape index (κ1) is 35.5. The molecule has 0 bridgehead atoms. The second kappa shape index (κ2) is 18.7. The van der Waals surface area contributed by atoms with Crippen LogP contribution in [0.5, 0.6) is 0 Å². The number of morpholine rings is 3. The third-order valence-electron chi connectivity index (χ3n) is 6.04. The van der Waals surface area contributed by atoms with Crippen LogP contribution in [0.2, 0.25) is 0 Å². The van der Waals surface area contributed by atoms with Gasteiger partial charge in [0.05, 0.1) is 39.6 Å². The molecule has 3 fully saturated rings. The fourth-order valence-corrected chi connectivity index (χ4v) is 3.98. The molecule has 0 atom stereocenters. The third-order valence-corrected chi connectivity index (χ3v) is 6.04. The van der Waals surface area contributed by atoms with Crippen LogP contribution < -0.4 is 0 Å². The first-order chi connectivity index (χ1) is 16.7. The molecule has 0 amide bonds. The van der Waals surface area contributed by atoms with Gasteiger partial charge in [0, 0.05) is 51.4 Å². The summed E-state index contributed by atoms with van der Waals surface area (Å²) in [4.78, 5) is 7.43. The fraction of sp³-hybridized carbons (Fsp3) is 0.933. The van der Waals surface area contributed by atoms with E-state index in [2.05, 4.69) is 83.6 Å². The molecule has 3 rings (SSSR count). The van der Waals surface area contributed by atoms with Gasteiger partial charge in [0.25, 0.3) is 0 Å². The first-order valence-corrected chi connectivity index (χ1v) is 14.2. The van der Waals surface area contributed by atoms with E-state index < -0.39 is 0 Å². The fourth-order valence-electron chi connectivity index (χ4n) is 3.98. The van der Waals surface area contributed by atoms with Gasteiger partial charge in [-0.25, -0.2) is 0 Å². The number of hydrogen-bond donors (Lipinski definition) is 0. The highest BCUT2D eigenvalue weighted by molar-refractivity contribution is 4.77. The zero-order chi connectivity index (χ0) is 27.7. The highest BCUT2D eigenvalue weighted by atomic mass is 16.5. The van der Waals surface area contributed by atoms with Crippen molar-refractivity contribution in [3.63, 3.8) is 0 Å². The van der Waals surface area contributed by atoms with Crippen molar-refractivity contribution in [3.05, 3.63) is 12.7 Å². The lowest BCUT2D eigenvalue weighted by atomic mass is 9.92. The Morgan fingerprint density at radius 3 is 1.28 bits per heavy atom. The van der Waals surface area contributed by atoms with Crippen molar-refractivity contribution in [2.45, 2.75) is 81.2 Å². The number of allylic oxidation sites excluding steroid dienone is 1. The van der Waals surface area contributed by atoms with Crippen molar-refractivity contribution in [2.75, 3.05) is 92.0 Å². The molecule has 0 N–H and O–H groups in total. The number of hydrogen-bond acceptors (Lipinski definition) is 6. The zero-order valence-electron chi connectivity index (χ0n) is 26.0. The second-order valence-electron chi connectivity index (χ2n) is 13.4. The van der Waals surface area contributed by atoms with Crippen LogP contribution in [-0.2, 0) is 14.2 Å². The largest absolute Gasteiger partial charge is 0.379 e. The van der Waals surface area contributed by atoms with E-state index in [4.69, 9.17) is 14.2 Å². The monoisotopic (exact) mass is 513 g/mol. The minimum absolute atomic E-state index is 0.323. The number of ether oxygens (including phenoxy) is 3. The van der Waals surface area contributed by atoms with Crippen LogP contribution in [0.25, 0.3) is 0 Å². The highest BCUT2D eigenvalue weighted by Crippen LogP contribution is 2.19. The lowest BCUT2D eigenvalue weighted by molar-refractivity contribution is -0.00389. The second-order valence-corrected chi connectivity index (χ2v) is 13.4. The summed E-state index contributed by atoms with van der Waals surface area (Å²) in [7, 11) is 0. The summed E-state index contributed by atoms with van der Waals surface area (Å²) in [6, 6.07) is 0. The van der Waals surface area contributed by atoms with E-state index >= 15 is 0 Å². The summed E-state index contributed by atoms with van der Waals surface area (Å²) >= 11 is 0. The minimum atomic E-state index is 0.323. The van der Waals surface area contributed by atoms with Crippen molar-refractivity contribution in [2.24, 2.45) is 10.8 Å². The van der Waals surface area contributed by atoms with E-state index in [9.17, 15) is 0 Å². The molecule has 0 saturated carbocycles. The lowest BCUT2D eigenvalue weighted by Gasteiger charge is -2.38. The highest BCUT2D eigenvalue weighted by Gasteiger charge is 2.22. The van der Waals surface area contributed by atoms with Crippen molar-refractivity contribution in [3.8, 4) is 0 Å². The van der Waals surface area contributed by atoms with E-state index in [0.29, 0.717) is 16.4 Å². The quantitative estimate of drug-likeness (QED) is 0.469. The smallest absolute Gasteiger partial charge is 0.0594 e. The van der Waals surface area contributed by atoms with Crippen LogP contribution in [-0.4, -0.2) is 112 Å². The molecule has 3 aliphatic rings. The van der Waals surface area contributed by atoms with Crippen molar-refractivity contribution in [1.82, 2.24) is 14.7 Å². The SMILES string of the molecule is C=CC.CC(C)(C)CCN1CCOCC1.CC(C)(C)CN1CCOCC1.CC(C)(C)N1CCOCC1. The normalized spacial score (nSPS) is 20.6. The van der Waals surface area contributed by atoms with Crippen LogP contribution in [0.4, 0.5) is 0 Å². The van der Waals surface area contributed by atoms with Gasteiger partial charge < -0.3 is 14.2 Å². The average Bonchev–Trinajstić information content (AvgIpc) is 2.79. The molecule has 0 aromatic heterocycles. The Bertz CT molecular complexity index is 517. The first-order valence-electron chi connectivity index (χ1n) is 14.2. The van der Waals surface area contributed by atoms with Gasteiger partial charge in [0.15, 0.2) is 0 Å². The molecule has 3 aliphatic heterocycles. The summed E-state index contributed by atoms with van der Waals surface area (Å²) in [5, 5.41) is 0. The maximum absolute atomic E-state index is 5.29. The van der Waals surface area contributed by atoms with Crippen molar-refractivity contribution >= 4 is 0 Å². The molecule has 36 heavy (non-hydrogen) atoms. The Kier molecular flexibility index (Phi) is 18.4. The van der Waals surface area contributed by atoms with E-state index in [1.54, 1.807) is 6.08 Å². The van der Waals surface area contributed by atoms with Crippen LogP contribution in [0.1, 0.15) is 75.7 Å². The molecule has 0 aromatic rings. The topological polar surface area (TPSA) is 37.4 Å². The Labute approximate surface area is 225 Å². The molecule has 6 nitrogen and oxygen atoms in total. The summed E-state index contributed by atoms with van der Waals surface area (Å²) in [6.07, 6.45) is 3.03. The Hall–Kier alpha value is -0.500. The van der Waals surface area contributed by atoms with Crippen LogP contribution in [0.3, 0.4) is 0 Å². The van der Waals surface area contributed by atoms with Crippen LogP contribution in [0.15, 0.2) is 12.7 Å². The summed E-state index contributed by atoms with van der Waals surface area (Å²) < 4.78 is 15.8. The number of nitrogens with zero attached hydrogens (tertiary/aromatic N) is 3. The maximum Gasteiger partial charge on any atom is 0.0594 e. The summed E-state index contributed by atoms with van der Waals surface area (Å²) in [5.41, 5.74) is 1.22. The molecule has 0 spiro atoms. The van der Waals surface area contributed by atoms with Crippen molar-refractivity contribution in [1.29, 1.82) is 0 Å². The third kappa shape index (κ3) is 21.6. The molecule has 3 heterocycles. The molecular formula is C30H63N3O3. The molecule has 6 heteroatoms. The van der Waals surface area contributed by atoms with Gasteiger partial charge in [0.2, 0.25) is 0 Å². The Morgan fingerprint density at radius 1 is 0.611 bits per heavy atom. The van der Waals surface area contributed by atoms with Gasteiger partial charge in [-0.1, -0.05) is 47.6 Å². The van der Waals surface area contributed by atoms with Crippen LogP contribution in [0, 0.1) is 10.8 Å². The van der Waals surface area contributed by atoms with Gasteiger partial charge in [-0.3, -0.25) is 14.7 Å². The Balaban J connectivity index is 0.000000485. The Morgan fingerprint density at radius 2 is 0.972 bits per heavy atom. The van der Waals surface area contributed by atoms with E-state index in [0.717, 1.165) is 78.9 Å². The summed E-state index contributed by atoms with van der Waals surface area (Å²) in [6.45, 7) is 40.3. The predicted molar refractivity (Wildman–Crippen MR) is 156 cm³/mol. The zero-order valence-corrected chi connectivity index (χ0v) is 26.0. The van der Waals surface area contributed by atoms with E-state index in [1.807, 2.05) is 6.92 Å². The lowest BCUT2D eigenvalue weighted by Crippen LogP contribution is -2.47. The molecule has 0 unspecified atom stereocenters. The number of rotatable bonds is 3. The van der Waals surface area contributed by atoms with Gasteiger partial charge in [0.1, 0.15) is 0 Å². The average molecular weight is 514 g/mol. The van der Waals surface area contributed by atoms with Gasteiger partial charge in [-0.05, 0) is 51.5 Å². The maximum atomic E-state index is 5.29. The van der Waals surface area contributed by atoms with Crippen LogP contribution >= 0.6 is 0 Å². The van der Waals surface area contributed by atoms with Gasteiger partial charge in [-0.2, -0.15) is 0 Å². The minimum Gasteiger partial charge on any atom is -0.379 e.